The van der Waals surface area contributed by atoms with Crippen molar-refractivity contribution in [1.82, 2.24) is 4.98 Å². The molecule has 0 spiro atoms. The molecule has 1 aromatic heterocycles. The minimum absolute atomic E-state index is 0.125. The topological polar surface area (TPSA) is 53.1 Å². The molecule has 0 amide bonds. The van der Waals surface area contributed by atoms with Crippen molar-refractivity contribution in [2.45, 2.75) is 13.0 Å². The Hall–Kier alpha value is -0.940. The van der Waals surface area contributed by atoms with Crippen LogP contribution in [-0.4, -0.2) is 10.1 Å². The Morgan fingerprint density at radius 2 is 2.23 bits per heavy atom. The normalized spacial score (nSPS) is 10.8. The lowest BCUT2D eigenvalue weighted by molar-refractivity contribution is 0.150. The molecule has 0 fully saturated rings. The van der Waals surface area contributed by atoms with Crippen LogP contribution in [0.15, 0.2) is 10.9 Å². The number of hydrogen-bond donors (Lipinski definition) is 2. The van der Waals surface area contributed by atoms with E-state index in [0.29, 0.717) is 0 Å². The number of nitrogens with one attached hydrogen (secondary N) is 1. The van der Waals surface area contributed by atoms with Gasteiger partial charge in [0.2, 0.25) is 0 Å². The molecule has 3 nitrogen and oxygen atoms in total. The first-order chi connectivity index (χ1) is 6.06. The number of alkyl halides is 2. The zero-order chi connectivity index (χ0) is 10.0. The first-order valence-corrected chi connectivity index (χ1v) is 3.74. The van der Waals surface area contributed by atoms with Crippen molar-refractivity contribution in [3.8, 4) is 0 Å². The zero-order valence-corrected chi connectivity index (χ0v) is 7.11. The maximum atomic E-state index is 12.2. The van der Waals surface area contributed by atoms with E-state index in [1.807, 2.05) is 4.98 Å². The molecular weight excluding hydrogens is 204 g/mol. The summed E-state index contributed by atoms with van der Waals surface area (Å²) in [4.78, 5) is 12.9. The molecular formula is C7H6ClF2NO2. The summed E-state index contributed by atoms with van der Waals surface area (Å²) in [5.41, 5.74) is -1.26. The van der Waals surface area contributed by atoms with Crippen molar-refractivity contribution in [3.05, 3.63) is 32.7 Å². The van der Waals surface area contributed by atoms with E-state index in [2.05, 4.69) is 0 Å². The molecule has 1 rings (SSSR count). The second kappa shape index (κ2) is 3.85. The van der Waals surface area contributed by atoms with Gasteiger partial charge in [0.05, 0.1) is 12.2 Å². The molecule has 13 heavy (non-hydrogen) atoms. The molecule has 1 aromatic rings. The van der Waals surface area contributed by atoms with Gasteiger partial charge in [0, 0.05) is 5.56 Å². The number of aliphatic hydroxyl groups is 1. The van der Waals surface area contributed by atoms with Crippen LogP contribution >= 0.6 is 11.6 Å². The van der Waals surface area contributed by atoms with Gasteiger partial charge in [-0.05, 0) is 6.07 Å². The van der Waals surface area contributed by atoms with E-state index in [9.17, 15) is 13.6 Å². The van der Waals surface area contributed by atoms with Gasteiger partial charge in [0.15, 0.2) is 0 Å². The highest BCUT2D eigenvalue weighted by atomic mass is 35.5. The highest BCUT2D eigenvalue weighted by Gasteiger charge is 2.14. The van der Waals surface area contributed by atoms with E-state index >= 15 is 0 Å². The second-order valence-electron chi connectivity index (χ2n) is 2.35. The summed E-state index contributed by atoms with van der Waals surface area (Å²) in [7, 11) is 0. The first-order valence-electron chi connectivity index (χ1n) is 3.37. The van der Waals surface area contributed by atoms with Crippen molar-refractivity contribution >= 4 is 11.6 Å². The van der Waals surface area contributed by atoms with E-state index in [1.165, 1.54) is 0 Å². The van der Waals surface area contributed by atoms with E-state index in [1.54, 1.807) is 0 Å². The molecule has 0 unspecified atom stereocenters. The second-order valence-corrected chi connectivity index (χ2v) is 2.73. The van der Waals surface area contributed by atoms with Gasteiger partial charge in [-0.2, -0.15) is 0 Å². The molecule has 0 saturated carbocycles. The third kappa shape index (κ3) is 2.05. The van der Waals surface area contributed by atoms with Crippen LogP contribution in [0.1, 0.15) is 17.6 Å². The molecule has 0 aliphatic carbocycles. The smallest absolute Gasteiger partial charge is 0.266 e. The van der Waals surface area contributed by atoms with Crippen molar-refractivity contribution < 1.29 is 13.9 Å². The quantitative estimate of drug-likeness (QED) is 0.725. The Balaban J connectivity index is 3.31. The number of halogens is 3. The lowest BCUT2D eigenvalue weighted by atomic mass is 10.2. The van der Waals surface area contributed by atoms with Gasteiger partial charge in [-0.1, -0.05) is 11.6 Å². The molecule has 0 aliphatic rings. The summed E-state index contributed by atoms with van der Waals surface area (Å²) in [6.07, 6.45) is -2.77. The lowest BCUT2D eigenvalue weighted by Crippen LogP contribution is -2.14. The number of aromatic amines is 1. The van der Waals surface area contributed by atoms with Gasteiger partial charge in [-0.25, -0.2) is 8.78 Å². The highest BCUT2D eigenvalue weighted by molar-refractivity contribution is 6.30. The molecule has 0 aliphatic heterocycles. The molecule has 72 valence electrons. The number of H-pyrrole nitrogens is 1. The van der Waals surface area contributed by atoms with Crippen LogP contribution in [0, 0.1) is 0 Å². The van der Waals surface area contributed by atoms with Crippen LogP contribution in [0.4, 0.5) is 8.78 Å². The molecule has 0 bridgehead atoms. The average Bonchev–Trinajstić information content (AvgIpc) is 2.03. The maximum absolute atomic E-state index is 12.2. The number of hydrogen-bond acceptors (Lipinski definition) is 2. The molecule has 0 aromatic carbocycles. The van der Waals surface area contributed by atoms with Crippen molar-refractivity contribution in [1.29, 1.82) is 0 Å². The van der Waals surface area contributed by atoms with Gasteiger partial charge in [0.25, 0.3) is 12.0 Å². The minimum Gasteiger partial charge on any atom is -0.391 e. The van der Waals surface area contributed by atoms with Crippen LogP contribution < -0.4 is 5.56 Å². The van der Waals surface area contributed by atoms with E-state index in [-0.39, 0.29) is 5.56 Å². The Bertz CT molecular complexity index is 364. The molecule has 0 radical (unpaired) electrons. The molecule has 1 heterocycles. The number of rotatable bonds is 2. The van der Waals surface area contributed by atoms with E-state index in [4.69, 9.17) is 16.7 Å². The SMILES string of the molecule is O=c1[nH]c(Cl)c(C(F)F)cc1CO. The fourth-order valence-electron chi connectivity index (χ4n) is 0.845. The van der Waals surface area contributed by atoms with Crippen LogP contribution in [-0.2, 0) is 6.61 Å². The number of pyridine rings is 1. The van der Waals surface area contributed by atoms with Crippen LogP contribution in [0.2, 0.25) is 5.15 Å². The summed E-state index contributed by atoms with van der Waals surface area (Å²) < 4.78 is 24.4. The fraction of sp³-hybridized carbons (Fsp3) is 0.286. The summed E-state index contributed by atoms with van der Waals surface area (Å²) >= 11 is 5.34. The standard InChI is InChI=1S/C7H6ClF2NO2/c8-5-4(6(9)10)1-3(2-12)7(13)11-5/h1,6,12H,2H2,(H,11,13). The summed E-state index contributed by atoms with van der Waals surface area (Å²) in [5, 5.41) is 8.22. The fourth-order valence-corrected chi connectivity index (χ4v) is 1.07. The summed E-state index contributed by atoms with van der Waals surface area (Å²) in [6, 6.07) is 0.895. The molecule has 0 atom stereocenters. The van der Waals surface area contributed by atoms with Gasteiger partial charge in [0.1, 0.15) is 5.15 Å². The monoisotopic (exact) mass is 209 g/mol. The van der Waals surface area contributed by atoms with E-state index in [0.717, 1.165) is 6.07 Å². The Morgan fingerprint density at radius 1 is 1.62 bits per heavy atom. The van der Waals surface area contributed by atoms with Gasteiger partial charge < -0.3 is 10.1 Å². The first kappa shape index (κ1) is 10.1. The van der Waals surface area contributed by atoms with Crippen LogP contribution in [0.5, 0.6) is 0 Å². The zero-order valence-electron chi connectivity index (χ0n) is 6.35. The van der Waals surface area contributed by atoms with Gasteiger partial charge in [-0.15, -0.1) is 0 Å². The van der Waals surface area contributed by atoms with Crippen LogP contribution in [0.25, 0.3) is 0 Å². The van der Waals surface area contributed by atoms with Crippen molar-refractivity contribution in [2.24, 2.45) is 0 Å². The predicted molar refractivity (Wildman–Crippen MR) is 43.0 cm³/mol. The van der Waals surface area contributed by atoms with Gasteiger partial charge >= 0.3 is 0 Å². The Labute approximate surface area is 77.0 Å². The third-order valence-corrected chi connectivity index (χ3v) is 1.82. The number of aliphatic hydroxyl groups excluding tert-OH is 1. The van der Waals surface area contributed by atoms with E-state index < -0.39 is 29.3 Å². The van der Waals surface area contributed by atoms with Crippen molar-refractivity contribution in [3.63, 3.8) is 0 Å². The third-order valence-electron chi connectivity index (χ3n) is 1.50. The van der Waals surface area contributed by atoms with Crippen LogP contribution in [0.3, 0.4) is 0 Å². The van der Waals surface area contributed by atoms with Crippen molar-refractivity contribution in [2.75, 3.05) is 0 Å². The van der Waals surface area contributed by atoms with Gasteiger partial charge in [-0.3, -0.25) is 4.79 Å². The summed E-state index contributed by atoms with van der Waals surface area (Å²) in [6.45, 7) is -0.591. The molecule has 6 heteroatoms. The predicted octanol–water partition coefficient (Wildman–Crippen LogP) is 1.46. The largest absolute Gasteiger partial charge is 0.391 e. The lowest BCUT2D eigenvalue weighted by Gasteiger charge is -2.03. The Morgan fingerprint density at radius 3 is 2.69 bits per heavy atom. The minimum atomic E-state index is -2.77. The summed E-state index contributed by atoms with van der Waals surface area (Å²) in [5.74, 6) is 0. The highest BCUT2D eigenvalue weighted by Crippen LogP contribution is 2.24. The Kier molecular flexibility index (Phi) is 3.00. The maximum Gasteiger partial charge on any atom is 0.266 e. The molecule has 0 saturated heterocycles. The number of aromatic nitrogens is 1. The average molecular weight is 210 g/mol. The molecule has 2 N–H and O–H groups in total.